The Bertz CT molecular complexity index is 680. The van der Waals surface area contributed by atoms with E-state index in [4.69, 9.17) is 0 Å². The zero-order chi connectivity index (χ0) is 21.7. The van der Waals surface area contributed by atoms with E-state index in [9.17, 15) is 10.5 Å². The predicted octanol–water partition coefficient (Wildman–Crippen LogP) is 7.75. The lowest BCUT2D eigenvalue weighted by molar-refractivity contribution is -0.133. The van der Waals surface area contributed by atoms with Crippen LogP contribution in [0.2, 0.25) is 0 Å². The summed E-state index contributed by atoms with van der Waals surface area (Å²) < 4.78 is 0. The second kappa shape index (κ2) is 8.97. The molecule has 0 spiro atoms. The molecule has 6 fully saturated rings. The van der Waals surface area contributed by atoms with Crippen molar-refractivity contribution in [2.75, 3.05) is 0 Å². The zero-order valence-corrected chi connectivity index (χ0v) is 20.1. The SMILES string of the molecule is N#CC1CCC(C2CCC3CCC4C(C5CCC(C#N)CC5)CCC5CCC2C3C54)CC1. The summed E-state index contributed by atoms with van der Waals surface area (Å²) in [5, 5.41) is 18.7. The second-order valence-corrected chi connectivity index (χ2v) is 13.1. The quantitative estimate of drug-likeness (QED) is 0.448. The van der Waals surface area contributed by atoms with Crippen molar-refractivity contribution >= 4 is 0 Å². The van der Waals surface area contributed by atoms with E-state index >= 15 is 0 Å². The summed E-state index contributed by atoms with van der Waals surface area (Å²) in [5.74, 6) is 10.8. The van der Waals surface area contributed by atoms with Crippen molar-refractivity contribution < 1.29 is 0 Å². The fourth-order valence-electron chi connectivity index (χ4n) is 10.9. The number of rotatable bonds is 2. The molecule has 6 rings (SSSR count). The van der Waals surface area contributed by atoms with Gasteiger partial charge in [0.15, 0.2) is 0 Å². The van der Waals surface area contributed by atoms with Crippen molar-refractivity contribution in [2.45, 2.75) is 103 Å². The summed E-state index contributed by atoms with van der Waals surface area (Å²) in [7, 11) is 0. The molecule has 2 nitrogen and oxygen atoms in total. The van der Waals surface area contributed by atoms with E-state index in [0.29, 0.717) is 11.8 Å². The van der Waals surface area contributed by atoms with Crippen molar-refractivity contribution in [3.8, 4) is 12.1 Å². The summed E-state index contributed by atoms with van der Waals surface area (Å²) >= 11 is 0. The van der Waals surface area contributed by atoms with Gasteiger partial charge in [-0.1, -0.05) is 0 Å². The van der Waals surface area contributed by atoms with Gasteiger partial charge >= 0.3 is 0 Å². The molecule has 2 heteroatoms. The van der Waals surface area contributed by atoms with Crippen LogP contribution in [-0.4, -0.2) is 0 Å². The first-order valence-corrected chi connectivity index (χ1v) is 14.6. The summed E-state index contributed by atoms with van der Waals surface area (Å²) in [5.41, 5.74) is 0. The molecule has 174 valence electrons. The summed E-state index contributed by atoms with van der Waals surface area (Å²) in [6.07, 6.45) is 22.3. The smallest absolute Gasteiger partial charge is 0.0655 e. The number of nitriles is 2. The molecule has 6 aliphatic rings. The maximum absolute atomic E-state index is 9.37. The van der Waals surface area contributed by atoms with Crippen molar-refractivity contribution in [3.05, 3.63) is 0 Å². The lowest BCUT2D eigenvalue weighted by Gasteiger charge is -2.62. The van der Waals surface area contributed by atoms with Gasteiger partial charge in [0, 0.05) is 11.8 Å². The van der Waals surface area contributed by atoms with Crippen LogP contribution in [0.1, 0.15) is 103 Å². The maximum Gasteiger partial charge on any atom is 0.0655 e. The molecule has 0 aromatic rings. The van der Waals surface area contributed by atoms with Crippen LogP contribution in [0.25, 0.3) is 0 Å². The van der Waals surface area contributed by atoms with E-state index in [-0.39, 0.29) is 0 Å². The van der Waals surface area contributed by atoms with Gasteiger partial charge in [-0.3, -0.25) is 0 Å². The van der Waals surface area contributed by atoms with E-state index in [1.54, 1.807) is 0 Å². The Morgan fingerprint density at radius 1 is 0.344 bits per heavy atom. The lowest BCUT2D eigenvalue weighted by Crippen LogP contribution is -2.55. The van der Waals surface area contributed by atoms with Gasteiger partial charge in [0.05, 0.1) is 12.1 Å². The van der Waals surface area contributed by atoms with Crippen LogP contribution in [0.15, 0.2) is 0 Å². The molecule has 0 amide bonds. The van der Waals surface area contributed by atoms with Crippen molar-refractivity contribution in [1.29, 1.82) is 10.5 Å². The second-order valence-electron chi connectivity index (χ2n) is 13.1. The molecule has 32 heavy (non-hydrogen) atoms. The standard InChI is InChI=1S/C30H44N2/c31-17-19-1-5-21(6-2-19)25-13-9-23-12-16-28-26(22-7-3-20(18-32)4-8-22)14-10-24-11-15-27(25)29(23)30(24)28/h19-30H,1-16H2. The van der Waals surface area contributed by atoms with Crippen LogP contribution < -0.4 is 0 Å². The van der Waals surface area contributed by atoms with Gasteiger partial charge in [0.1, 0.15) is 0 Å². The van der Waals surface area contributed by atoms with E-state index in [2.05, 4.69) is 12.1 Å². The monoisotopic (exact) mass is 432 g/mol. The summed E-state index contributed by atoms with van der Waals surface area (Å²) in [4.78, 5) is 0. The maximum atomic E-state index is 9.37. The van der Waals surface area contributed by atoms with Crippen molar-refractivity contribution in [1.82, 2.24) is 0 Å². The van der Waals surface area contributed by atoms with E-state index in [1.807, 2.05) is 0 Å². The fraction of sp³-hybridized carbons (Fsp3) is 0.933. The largest absolute Gasteiger partial charge is 0.198 e. The molecular weight excluding hydrogens is 388 g/mol. The van der Waals surface area contributed by atoms with E-state index in [1.165, 1.54) is 103 Å². The zero-order valence-electron chi connectivity index (χ0n) is 20.1. The van der Waals surface area contributed by atoms with Gasteiger partial charge in [-0.15, -0.1) is 0 Å². The highest BCUT2D eigenvalue weighted by Crippen LogP contribution is 2.64. The lowest BCUT2D eigenvalue weighted by atomic mass is 9.43. The minimum Gasteiger partial charge on any atom is -0.198 e. The first kappa shape index (κ1) is 21.5. The van der Waals surface area contributed by atoms with Crippen LogP contribution in [0.4, 0.5) is 0 Å². The normalized spacial score (nSPS) is 52.8. The van der Waals surface area contributed by atoms with Gasteiger partial charge < -0.3 is 0 Å². The number of hydrogen-bond acceptors (Lipinski definition) is 2. The summed E-state index contributed by atoms with van der Waals surface area (Å²) in [6, 6.07) is 5.13. The minimum atomic E-state index is 0.354. The average Bonchev–Trinajstić information content (AvgIpc) is 2.87. The fourth-order valence-corrected chi connectivity index (χ4v) is 10.9. The topological polar surface area (TPSA) is 47.6 Å². The number of nitrogens with zero attached hydrogens (tertiary/aromatic N) is 2. The molecule has 8 atom stereocenters. The third kappa shape index (κ3) is 3.64. The molecule has 0 radical (unpaired) electrons. The Morgan fingerprint density at radius 2 is 0.656 bits per heavy atom. The summed E-state index contributed by atoms with van der Waals surface area (Å²) in [6.45, 7) is 0. The number of hydrogen-bond donors (Lipinski definition) is 0. The Hall–Kier alpha value is -1.02. The molecule has 0 aliphatic heterocycles. The van der Waals surface area contributed by atoms with Gasteiger partial charge in [-0.05, 0) is 162 Å². The van der Waals surface area contributed by atoms with Crippen LogP contribution >= 0.6 is 0 Å². The van der Waals surface area contributed by atoms with Gasteiger partial charge in [-0.25, -0.2) is 0 Å². The average molecular weight is 433 g/mol. The van der Waals surface area contributed by atoms with Gasteiger partial charge in [-0.2, -0.15) is 10.5 Å². The van der Waals surface area contributed by atoms with Gasteiger partial charge in [0.2, 0.25) is 0 Å². The molecule has 0 saturated heterocycles. The third-order valence-corrected chi connectivity index (χ3v) is 12.2. The highest BCUT2D eigenvalue weighted by molar-refractivity contribution is 5.06. The van der Waals surface area contributed by atoms with Crippen LogP contribution in [0, 0.1) is 93.7 Å². The third-order valence-electron chi connectivity index (χ3n) is 12.2. The highest BCUT2D eigenvalue weighted by Gasteiger charge is 2.57. The predicted molar refractivity (Wildman–Crippen MR) is 127 cm³/mol. The molecule has 0 heterocycles. The molecule has 0 N–H and O–H groups in total. The molecule has 0 bridgehead atoms. The Kier molecular flexibility index (Phi) is 6.03. The molecule has 8 unspecified atom stereocenters. The van der Waals surface area contributed by atoms with Crippen molar-refractivity contribution in [2.24, 2.45) is 71.0 Å². The molecular formula is C30H44N2. The minimum absolute atomic E-state index is 0.354. The highest BCUT2D eigenvalue weighted by atomic mass is 14.6. The molecule has 0 aromatic heterocycles. The van der Waals surface area contributed by atoms with Gasteiger partial charge in [0.25, 0.3) is 0 Å². The van der Waals surface area contributed by atoms with Crippen molar-refractivity contribution in [3.63, 3.8) is 0 Å². The molecule has 0 aromatic carbocycles. The van der Waals surface area contributed by atoms with Crippen LogP contribution in [-0.2, 0) is 0 Å². The van der Waals surface area contributed by atoms with E-state index in [0.717, 1.165) is 59.2 Å². The Morgan fingerprint density at radius 3 is 1.00 bits per heavy atom. The molecule has 6 saturated carbocycles. The first-order chi connectivity index (χ1) is 15.8. The Labute approximate surface area is 196 Å². The van der Waals surface area contributed by atoms with Crippen LogP contribution in [0.3, 0.4) is 0 Å². The Balaban J connectivity index is 1.20. The first-order valence-electron chi connectivity index (χ1n) is 14.6. The molecule has 6 aliphatic carbocycles. The van der Waals surface area contributed by atoms with Crippen LogP contribution in [0.5, 0.6) is 0 Å². The van der Waals surface area contributed by atoms with E-state index < -0.39 is 0 Å².